The van der Waals surface area contributed by atoms with Crippen LogP contribution in [0.25, 0.3) is 22.5 Å². The lowest BCUT2D eigenvalue weighted by atomic mass is 9.99. The van der Waals surface area contributed by atoms with Crippen LogP contribution in [0.4, 0.5) is 21.1 Å². The molecule has 0 aliphatic carbocycles. The lowest BCUT2D eigenvalue weighted by molar-refractivity contribution is 0.0513. The Balaban J connectivity index is 1.36. The number of fused-ring (bicyclic) bond motifs is 1. The van der Waals surface area contributed by atoms with E-state index in [1.54, 1.807) is 78.5 Å². The smallest absolute Gasteiger partial charge is 0.435 e. The van der Waals surface area contributed by atoms with Crippen molar-refractivity contribution in [3.05, 3.63) is 107 Å². The average molecular weight is 689 g/mol. The first-order valence-corrected chi connectivity index (χ1v) is 16.6. The molecule has 2 aromatic carbocycles. The zero-order valence-corrected chi connectivity index (χ0v) is 29.8. The van der Waals surface area contributed by atoms with Gasteiger partial charge in [-0.3, -0.25) is 9.78 Å². The molecule has 51 heavy (non-hydrogen) atoms. The lowest BCUT2D eigenvalue weighted by Gasteiger charge is -2.28. The molecule has 1 aliphatic heterocycles. The molecule has 4 heterocycles. The van der Waals surface area contributed by atoms with Crippen molar-refractivity contribution in [1.82, 2.24) is 24.7 Å². The fourth-order valence-corrected chi connectivity index (χ4v) is 5.51. The Bertz CT molecular complexity index is 2110. The Morgan fingerprint density at radius 2 is 1.61 bits per heavy atom. The van der Waals surface area contributed by atoms with Crippen LogP contribution in [-0.2, 0) is 33.8 Å². The van der Waals surface area contributed by atoms with Crippen LogP contribution in [-0.4, -0.2) is 53.9 Å². The second-order valence-corrected chi connectivity index (χ2v) is 14.3. The van der Waals surface area contributed by atoms with E-state index in [1.807, 2.05) is 49.4 Å². The molecule has 5 aromatic rings. The molecule has 0 spiro atoms. The van der Waals surface area contributed by atoms with Gasteiger partial charge in [0.2, 0.25) is 0 Å². The highest BCUT2D eigenvalue weighted by Crippen LogP contribution is 2.36. The van der Waals surface area contributed by atoms with Gasteiger partial charge in [-0.2, -0.15) is 9.78 Å². The molecule has 0 bridgehead atoms. The Hall–Kier alpha value is -5.75. The first-order chi connectivity index (χ1) is 24.1. The van der Waals surface area contributed by atoms with E-state index in [1.165, 1.54) is 4.90 Å². The second-order valence-electron chi connectivity index (χ2n) is 14.3. The lowest BCUT2D eigenvalue weighted by Crippen LogP contribution is -2.35. The van der Waals surface area contributed by atoms with Gasteiger partial charge in [0, 0.05) is 47.3 Å². The van der Waals surface area contributed by atoms with Crippen molar-refractivity contribution < 1.29 is 28.6 Å². The number of hydrogen-bond acceptors (Lipinski definition) is 10. The second kappa shape index (κ2) is 13.9. The average Bonchev–Trinajstić information content (AvgIpc) is 3.75. The molecule has 12 heteroatoms. The molecule has 6 rings (SSSR count). The highest BCUT2D eigenvalue weighted by molar-refractivity contribution is 5.99. The topological polar surface area (TPSA) is 139 Å². The number of ketones is 1. The maximum Gasteiger partial charge on any atom is 0.435 e. The molecule has 0 radical (unpaired) electrons. The predicted octanol–water partition coefficient (Wildman–Crippen LogP) is 8.02. The molecule has 1 amide bonds. The quantitative estimate of drug-likeness (QED) is 0.155. The minimum atomic E-state index is -0.797. The Morgan fingerprint density at radius 1 is 0.863 bits per heavy atom. The predicted molar refractivity (Wildman–Crippen MR) is 191 cm³/mol. The van der Waals surface area contributed by atoms with Gasteiger partial charge in [-0.25, -0.2) is 24.5 Å². The summed E-state index contributed by atoms with van der Waals surface area (Å²) in [6.45, 7) is 13.1. The van der Waals surface area contributed by atoms with E-state index in [-0.39, 0.29) is 25.4 Å². The van der Waals surface area contributed by atoms with Crippen molar-refractivity contribution in [2.75, 3.05) is 4.90 Å². The molecular formula is C39H40N6O6. The van der Waals surface area contributed by atoms with Gasteiger partial charge < -0.3 is 14.2 Å². The highest BCUT2D eigenvalue weighted by atomic mass is 16.6. The number of anilines is 2. The molecule has 0 atom stereocenters. The number of carbonyl (C=O) groups is 3. The van der Waals surface area contributed by atoms with E-state index in [0.29, 0.717) is 45.3 Å². The fourth-order valence-electron chi connectivity index (χ4n) is 5.51. The van der Waals surface area contributed by atoms with Crippen molar-refractivity contribution >= 4 is 29.5 Å². The molecular weight excluding hydrogens is 648 g/mol. The first-order valence-electron chi connectivity index (χ1n) is 16.6. The van der Waals surface area contributed by atoms with E-state index in [0.717, 1.165) is 21.4 Å². The Labute approximate surface area is 296 Å². The third-order valence-electron chi connectivity index (χ3n) is 7.86. The number of nitrogens with zero attached hydrogens (tertiary/aromatic N) is 6. The molecule has 12 nitrogen and oxygen atoms in total. The number of aryl methyl sites for hydroxylation is 1. The van der Waals surface area contributed by atoms with Gasteiger partial charge in [0.15, 0.2) is 17.4 Å². The van der Waals surface area contributed by atoms with Gasteiger partial charge >= 0.3 is 12.2 Å². The maximum absolute atomic E-state index is 14.0. The first kappa shape index (κ1) is 35.1. The van der Waals surface area contributed by atoms with Crippen LogP contribution >= 0.6 is 0 Å². The normalized spacial score (nSPS) is 12.7. The molecule has 0 unspecified atom stereocenters. The Morgan fingerprint density at radius 3 is 2.31 bits per heavy atom. The Kier molecular flexibility index (Phi) is 9.54. The number of Topliss-reactive ketones (excluding diaryl/α,β-unsaturated/α-hetero) is 1. The number of amides is 1. The standard InChI is InChI=1S/C39H40N6O6/c1-24-15-16-40-20-30(24)33(46)18-25-9-8-10-27(17-25)34-42-32-23-49-22-31(32)35(43-34)45(37(48)51-39(5,6)7)29-13-11-26(12-14-29)28-19-41-44(21-28)36(47)50-38(2,3)4/h8-17,19-21H,18,22-23H2,1-7H3. The molecule has 0 saturated carbocycles. The summed E-state index contributed by atoms with van der Waals surface area (Å²) in [7, 11) is 0. The van der Waals surface area contributed by atoms with Gasteiger partial charge in [-0.15, -0.1) is 0 Å². The summed E-state index contributed by atoms with van der Waals surface area (Å²) in [6.07, 6.45) is 5.38. The third-order valence-corrected chi connectivity index (χ3v) is 7.86. The van der Waals surface area contributed by atoms with Gasteiger partial charge in [-0.1, -0.05) is 30.3 Å². The summed E-state index contributed by atoms with van der Waals surface area (Å²) in [5.74, 6) is 0.666. The van der Waals surface area contributed by atoms with E-state index >= 15 is 0 Å². The van der Waals surface area contributed by atoms with Crippen molar-refractivity contribution in [1.29, 1.82) is 0 Å². The maximum atomic E-state index is 14.0. The molecule has 0 saturated heterocycles. The monoisotopic (exact) mass is 688 g/mol. The summed E-state index contributed by atoms with van der Waals surface area (Å²) >= 11 is 0. The summed E-state index contributed by atoms with van der Waals surface area (Å²) in [4.78, 5) is 55.0. The number of benzene rings is 2. The number of rotatable bonds is 7. The number of hydrogen-bond donors (Lipinski definition) is 0. The summed E-state index contributed by atoms with van der Waals surface area (Å²) in [5.41, 5.74) is 4.73. The van der Waals surface area contributed by atoms with Crippen molar-refractivity contribution in [3.63, 3.8) is 0 Å². The highest BCUT2D eigenvalue weighted by Gasteiger charge is 2.32. The molecule has 262 valence electrons. The zero-order chi connectivity index (χ0) is 36.5. The van der Waals surface area contributed by atoms with Gasteiger partial charge in [0.1, 0.15) is 11.2 Å². The number of ether oxygens (including phenoxy) is 3. The van der Waals surface area contributed by atoms with Crippen LogP contribution in [0.1, 0.15) is 74.3 Å². The zero-order valence-electron chi connectivity index (χ0n) is 29.8. The van der Waals surface area contributed by atoms with Crippen LogP contribution in [0.5, 0.6) is 0 Å². The fraction of sp³-hybridized carbons (Fsp3) is 0.308. The van der Waals surface area contributed by atoms with Gasteiger partial charge in [0.25, 0.3) is 0 Å². The summed E-state index contributed by atoms with van der Waals surface area (Å²) in [6, 6.07) is 16.5. The van der Waals surface area contributed by atoms with Crippen LogP contribution < -0.4 is 4.90 Å². The number of carbonyl (C=O) groups excluding carboxylic acids is 3. The molecule has 3 aromatic heterocycles. The van der Waals surface area contributed by atoms with E-state index in [4.69, 9.17) is 24.2 Å². The van der Waals surface area contributed by atoms with Crippen LogP contribution in [0.2, 0.25) is 0 Å². The van der Waals surface area contributed by atoms with Crippen LogP contribution in [0.3, 0.4) is 0 Å². The number of pyridine rings is 1. The van der Waals surface area contributed by atoms with Crippen molar-refractivity contribution in [3.8, 4) is 22.5 Å². The third kappa shape index (κ3) is 8.18. The molecule has 1 aliphatic rings. The molecule has 0 N–H and O–H groups in total. The van der Waals surface area contributed by atoms with Gasteiger partial charge in [-0.05, 0) is 89.4 Å². The van der Waals surface area contributed by atoms with Gasteiger partial charge in [0.05, 0.1) is 30.8 Å². The summed E-state index contributed by atoms with van der Waals surface area (Å²) in [5, 5.41) is 4.17. The minimum Gasteiger partial charge on any atom is -0.443 e. The van der Waals surface area contributed by atoms with E-state index < -0.39 is 23.4 Å². The van der Waals surface area contributed by atoms with Crippen LogP contribution in [0.15, 0.2) is 79.4 Å². The number of aromatic nitrogens is 5. The van der Waals surface area contributed by atoms with E-state index in [2.05, 4.69) is 10.1 Å². The SMILES string of the molecule is Cc1ccncc1C(=O)Cc1cccc(-c2nc3c(c(N(C(=O)OC(C)(C)C)c4ccc(-c5cnn(C(=O)OC(C)(C)C)c5)cc4)n2)COC3)c1. The largest absolute Gasteiger partial charge is 0.443 e. The van der Waals surface area contributed by atoms with E-state index in [9.17, 15) is 14.4 Å². The summed E-state index contributed by atoms with van der Waals surface area (Å²) < 4.78 is 18.3. The minimum absolute atomic E-state index is 0.0431. The van der Waals surface area contributed by atoms with Crippen molar-refractivity contribution in [2.45, 2.75) is 79.3 Å². The van der Waals surface area contributed by atoms with Crippen LogP contribution in [0, 0.1) is 6.92 Å². The molecule has 0 fully saturated rings. The van der Waals surface area contributed by atoms with Crippen molar-refractivity contribution in [2.24, 2.45) is 0 Å².